The molecule has 3 heterocycles. The van der Waals surface area contributed by atoms with E-state index in [-0.39, 0.29) is 11.6 Å². The molecule has 0 spiro atoms. The van der Waals surface area contributed by atoms with Crippen LogP contribution in [-0.2, 0) is 5.75 Å². The summed E-state index contributed by atoms with van der Waals surface area (Å²) in [4.78, 5) is 26.9. The molecule has 4 aromatic rings. The highest BCUT2D eigenvalue weighted by Crippen LogP contribution is 2.37. The molecule has 0 saturated heterocycles. The van der Waals surface area contributed by atoms with Crippen LogP contribution < -0.4 is 5.56 Å². The van der Waals surface area contributed by atoms with E-state index in [1.165, 1.54) is 0 Å². The van der Waals surface area contributed by atoms with Gasteiger partial charge >= 0.3 is 0 Å². The zero-order valence-electron chi connectivity index (χ0n) is 15.2. The van der Waals surface area contributed by atoms with Gasteiger partial charge in [0.1, 0.15) is 0 Å². The Labute approximate surface area is 160 Å². The van der Waals surface area contributed by atoms with E-state index in [1.54, 1.807) is 11.8 Å². The molecule has 1 aliphatic rings. The highest BCUT2D eigenvalue weighted by Gasteiger charge is 2.28. The Bertz CT molecular complexity index is 1240. The van der Waals surface area contributed by atoms with Crippen molar-refractivity contribution in [3.8, 4) is 0 Å². The molecule has 1 fully saturated rings. The van der Waals surface area contributed by atoms with Crippen LogP contribution in [0.15, 0.2) is 46.5 Å². The molecule has 136 valence electrons. The third kappa shape index (κ3) is 2.92. The Morgan fingerprint density at radius 3 is 2.78 bits per heavy atom. The van der Waals surface area contributed by atoms with Crippen molar-refractivity contribution in [3.63, 3.8) is 0 Å². The van der Waals surface area contributed by atoms with Crippen molar-refractivity contribution in [1.82, 2.24) is 23.9 Å². The number of imidazole rings is 1. The number of fused-ring (bicyclic) bond motifs is 2. The summed E-state index contributed by atoms with van der Waals surface area (Å²) < 4.78 is 3.88. The summed E-state index contributed by atoms with van der Waals surface area (Å²) in [7, 11) is 0. The summed E-state index contributed by atoms with van der Waals surface area (Å²) in [6.45, 7) is 4.03. The van der Waals surface area contributed by atoms with Crippen molar-refractivity contribution < 1.29 is 0 Å². The average molecular weight is 377 g/mol. The van der Waals surface area contributed by atoms with Crippen molar-refractivity contribution in [3.05, 3.63) is 64.0 Å². The predicted molar refractivity (Wildman–Crippen MR) is 106 cm³/mol. The van der Waals surface area contributed by atoms with E-state index in [4.69, 9.17) is 4.98 Å². The standard InChI is InChI=1S/C20H19N5OS/c1-12-9-13(2)24-10-14(22-19(24)21-12)11-27-20-23-17-6-4-3-5-16(17)18(26)25(20)15-7-8-15/h3-6,9-10,15H,7-8,11H2,1-2H3. The third-order valence-electron chi connectivity index (χ3n) is 4.85. The second-order valence-corrected chi connectivity index (χ2v) is 7.99. The number of hydrogen-bond acceptors (Lipinski definition) is 5. The van der Waals surface area contributed by atoms with E-state index in [9.17, 15) is 4.79 Å². The fraction of sp³-hybridized carbons (Fsp3) is 0.300. The summed E-state index contributed by atoms with van der Waals surface area (Å²) in [6.07, 6.45) is 4.11. The van der Waals surface area contributed by atoms with Crippen molar-refractivity contribution in [1.29, 1.82) is 0 Å². The lowest BCUT2D eigenvalue weighted by Gasteiger charge is -2.11. The number of hydrogen-bond donors (Lipinski definition) is 0. The Morgan fingerprint density at radius 2 is 1.96 bits per heavy atom. The van der Waals surface area contributed by atoms with Gasteiger partial charge in [-0.05, 0) is 44.9 Å². The largest absolute Gasteiger partial charge is 0.288 e. The maximum atomic E-state index is 12.9. The van der Waals surface area contributed by atoms with Crippen molar-refractivity contribution in [2.45, 2.75) is 43.6 Å². The normalized spacial score (nSPS) is 14.3. The number of aromatic nitrogens is 5. The molecule has 0 radical (unpaired) electrons. The maximum Gasteiger partial charge on any atom is 0.262 e. The molecule has 27 heavy (non-hydrogen) atoms. The van der Waals surface area contributed by atoms with Crippen LogP contribution in [0, 0.1) is 13.8 Å². The van der Waals surface area contributed by atoms with Gasteiger partial charge in [0.15, 0.2) is 5.16 Å². The third-order valence-corrected chi connectivity index (χ3v) is 5.83. The van der Waals surface area contributed by atoms with Crippen LogP contribution in [0.1, 0.15) is 36.0 Å². The first-order valence-corrected chi connectivity index (χ1v) is 10.0. The van der Waals surface area contributed by atoms with Crippen LogP contribution in [0.5, 0.6) is 0 Å². The molecule has 1 saturated carbocycles. The minimum absolute atomic E-state index is 0.0636. The topological polar surface area (TPSA) is 65.1 Å². The molecule has 0 amide bonds. The lowest BCUT2D eigenvalue weighted by molar-refractivity contribution is 0.618. The van der Waals surface area contributed by atoms with E-state index in [2.05, 4.69) is 16.9 Å². The van der Waals surface area contributed by atoms with E-state index in [0.29, 0.717) is 16.9 Å². The molecule has 0 bridgehead atoms. The minimum atomic E-state index is 0.0636. The summed E-state index contributed by atoms with van der Waals surface area (Å²) in [6, 6.07) is 9.90. The molecule has 0 unspecified atom stereocenters. The number of aryl methyl sites for hydroxylation is 2. The van der Waals surface area contributed by atoms with Crippen molar-refractivity contribution in [2.24, 2.45) is 0 Å². The van der Waals surface area contributed by atoms with Crippen molar-refractivity contribution in [2.75, 3.05) is 0 Å². The average Bonchev–Trinajstić information content (AvgIpc) is 3.39. The molecular formula is C20H19N5OS. The fourth-order valence-corrected chi connectivity index (χ4v) is 4.36. The van der Waals surface area contributed by atoms with Gasteiger partial charge < -0.3 is 0 Å². The number of nitrogens with zero attached hydrogens (tertiary/aromatic N) is 5. The molecule has 7 heteroatoms. The first-order valence-electron chi connectivity index (χ1n) is 9.06. The van der Waals surface area contributed by atoms with Gasteiger partial charge in [0.2, 0.25) is 5.78 Å². The molecule has 0 N–H and O–H groups in total. The van der Waals surface area contributed by atoms with Gasteiger partial charge in [-0.15, -0.1) is 0 Å². The summed E-state index contributed by atoms with van der Waals surface area (Å²) in [5.41, 5.74) is 3.83. The lowest BCUT2D eigenvalue weighted by atomic mass is 10.2. The highest BCUT2D eigenvalue weighted by atomic mass is 32.2. The Morgan fingerprint density at radius 1 is 1.15 bits per heavy atom. The molecule has 1 aliphatic carbocycles. The lowest BCUT2D eigenvalue weighted by Crippen LogP contribution is -2.22. The Hall–Kier alpha value is -2.67. The van der Waals surface area contributed by atoms with Gasteiger partial charge in [0.05, 0.1) is 16.6 Å². The van der Waals surface area contributed by atoms with E-state index < -0.39 is 0 Å². The quantitative estimate of drug-likeness (QED) is 0.401. The van der Waals surface area contributed by atoms with Gasteiger partial charge in [-0.25, -0.2) is 15.0 Å². The molecule has 0 atom stereocenters. The van der Waals surface area contributed by atoms with Gasteiger partial charge in [0, 0.05) is 29.4 Å². The Balaban J connectivity index is 1.52. The number of para-hydroxylation sites is 1. The van der Waals surface area contributed by atoms with E-state index in [0.717, 1.165) is 40.6 Å². The van der Waals surface area contributed by atoms with Gasteiger partial charge in [-0.3, -0.25) is 13.8 Å². The monoisotopic (exact) mass is 377 g/mol. The molecule has 6 nitrogen and oxygen atoms in total. The Kier molecular flexibility index (Phi) is 3.79. The van der Waals surface area contributed by atoms with Crippen LogP contribution in [0.4, 0.5) is 0 Å². The molecule has 0 aliphatic heterocycles. The minimum Gasteiger partial charge on any atom is -0.288 e. The molecule has 1 aromatic carbocycles. The van der Waals surface area contributed by atoms with Crippen LogP contribution in [-0.4, -0.2) is 23.9 Å². The summed E-state index contributed by atoms with van der Waals surface area (Å²) in [5, 5.41) is 1.47. The van der Waals surface area contributed by atoms with Crippen LogP contribution in [0.3, 0.4) is 0 Å². The smallest absolute Gasteiger partial charge is 0.262 e. The van der Waals surface area contributed by atoms with E-state index in [1.807, 2.05) is 52.4 Å². The van der Waals surface area contributed by atoms with E-state index >= 15 is 0 Å². The summed E-state index contributed by atoms with van der Waals surface area (Å²) >= 11 is 1.57. The number of thioether (sulfide) groups is 1. The highest BCUT2D eigenvalue weighted by molar-refractivity contribution is 7.98. The zero-order chi connectivity index (χ0) is 18.5. The first kappa shape index (κ1) is 16.5. The molecule has 3 aromatic heterocycles. The molecule has 5 rings (SSSR count). The second kappa shape index (κ2) is 6.20. The fourth-order valence-electron chi connectivity index (χ4n) is 3.41. The summed E-state index contributed by atoms with van der Waals surface area (Å²) in [5.74, 6) is 1.37. The van der Waals surface area contributed by atoms with Crippen LogP contribution >= 0.6 is 11.8 Å². The predicted octanol–water partition coefficient (Wildman–Crippen LogP) is 3.68. The molecular weight excluding hydrogens is 358 g/mol. The van der Waals surface area contributed by atoms with Crippen molar-refractivity contribution >= 4 is 28.4 Å². The van der Waals surface area contributed by atoms with Gasteiger partial charge in [-0.1, -0.05) is 23.9 Å². The SMILES string of the molecule is Cc1cc(C)n2cc(CSc3nc4ccccc4c(=O)n3C3CC3)nc2n1. The zero-order valence-corrected chi connectivity index (χ0v) is 16.0. The van der Waals surface area contributed by atoms with Gasteiger partial charge in [0.25, 0.3) is 5.56 Å². The second-order valence-electron chi connectivity index (χ2n) is 7.05. The van der Waals surface area contributed by atoms with Crippen LogP contribution in [0.25, 0.3) is 16.7 Å². The van der Waals surface area contributed by atoms with Gasteiger partial charge in [-0.2, -0.15) is 0 Å². The maximum absolute atomic E-state index is 12.9. The number of rotatable bonds is 4. The van der Waals surface area contributed by atoms with Crippen LogP contribution in [0.2, 0.25) is 0 Å². The first-order chi connectivity index (χ1) is 13.1. The number of benzene rings is 1.